The van der Waals surface area contributed by atoms with Gasteiger partial charge in [-0.2, -0.15) is 0 Å². The second-order valence-electron chi connectivity index (χ2n) is 2.33. The van der Waals surface area contributed by atoms with Crippen LogP contribution in [0.5, 0.6) is 0 Å². The second kappa shape index (κ2) is 4.20. The minimum atomic E-state index is -1.28. The van der Waals surface area contributed by atoms with E-state index in [1.54, 1.807) is 0 Å². The van der Waals surface area contributed by atoms with E-state index in [4.69, 9.17) is 4.52 Å². The van der Waals surface area contributed by atoms with Gasteiger partial charge in [0.05, 0.1) is 18.0 Å². The lowest BCUT2D eigenvalue weighted by atomic mass is 10.4. The second-order valence-corrected chi connectivity index (χ2v) is 10.5. The van der Waals surface area contributed by atoms with E-state index >= 15 is 0 Å². The smallest absolute Gasteiger partial charge is 0.214 e. The van der Waals surface area contributed by atoms with Crippen molar-refractivity contribution in [1.29, 1.82) is 0 Å². The van der Waals surface area contributed by atoms with Gasteiger partial charge in [0.2, 0.25) is 0 Å². The molecule has 0 aromatic heterocycles. The maximum Gasteiger partial charge on any atom is 0.258 e. The van der Waals surface area contributed by atoms with Gasteiger partial charge in [-0.05, 0) is 19.8 Å². The Bertz CT molecular complexity index is 102. The number of hydrogen-bond acceptors (Lipinski definition) is 3. The fraction of sp³-hybridized carbons (Fsp3) is 1.00. The molecule has 0 spiro atoms. The quantitative estimate of drug-likeness (QED) is 0.510. The lowest BCUT2D eigenvalue weighted by Gasteiger charge is -2.12. The zero-order valence-corrected chi connectivity index (χ0v) is 8.85. The van der Waals surface area contributed by atoms with E-state index in [0.29, 0.717) is 0 Å². The molecule has 0 aliphatic carbocycles. The van der Waals surface area contributed by atoms with Crippen molar-refractivity contribution in [2.45, 2.75) is 19.8 Å². The third-order valence-electron chi connectivity index (χ3n) is 1.52. The molecule has 0 amide bonds. The molecular formula is C6H14OPS2+. The Morgan fingerprint density at radius 1 is 1.60 bits per heavy atom. The highest BCUT2D eigenvalue weighted by Crippen LogP contribution is 2.75. The van der Waals surface area contributed by atoms with Crippen molar-refractivity contribution in [3.8, 4) is 0 Å². The van der Waals surface area contributed by atoms with Crippen molar-refractivity contribution < 1.29 is 4.52 Å². The van der Waals surface area contributed by atoms with Crippen LogP contribution in [-0.2, 0) is 4.52 Å². The molecule has 0 saturated carbocycles. The summed E-state index contributed by atoms with van der Waals surface area (Å²) in [4.78, 5) is 0. The van der Waals surface area contributed by atoms with Gasteiger partial charge in [-0.1, -0.05) is 0 Å². The molecule has 1 saturated heterocycles. The molecule has 1 fully saturated rings. The van der Waals surface area contributed by atoms with Crippen LogP contribution in [0.15, 0.2) is 0 Å². The minimum Gasteiger partial charge on any atom is -0.214 e. The molecule has 1 heterocycles. The van der Waals surface area contributed by atoms with Crippen molar-refractivity contribution in [2.24, 2.45) is 0 Å². The maximum absolute atomic E-state index is 5.68. The average Bonchev–Trinajstić information content (AvgIpc) is 2.15. The number of thiol groups is 1. The molecule has 0 aromatic carbocycles. The molecule has 1 aliphatic rings. The third kappa shape index (κ3) is 2.61. The Hall–Kier alpha value is 1.09. The molecule has 0 radical (unpaired) electrons. The highest BCUT2D eigenvalue weighted by molar-refractivity contribution is 8.88. The van der Waals surface area contributed by atoms with Crippen molar-refractivity contribution in [3.05, 3.63) is 0 Å². The normalized spacial score (nSPS) is 35.4. The van der Waals surface area contributed by atoms with Gasteiger partial charge in [0.15, 0.2) is 0 Å². The Morgan fingerprint density at radius 2 is 2.40 bits per heavy atom. The molecule has 0 aromatic rings. The van der Waals surface area contributed by atoms with Crippen LogP contribution in [0, 0.1) is 0 Å². The predicted octanol–water partition coefficient (Wildman–Crippen LogP) is 3.24. The molecule has 1 atom stereocenters. The molecule has 0 N–H and O–H groups in total. The molecule has 1 rings (SSSR count). The Labute approximate surface area is 72.6 Å². The van der Waals surface area contributed by atoms with Crippen LogP contribution in [0.3, 0.4) is 0 Å². The van der Waals surface area contributed by atoms with E-state index in [0.717, 1.165) is 12.8 Å². The molecule has 4 heteroatoms. The SMILES string of the molecule is CC[P+]1(S)OCCCCS1. The van der Waals surface area contributed by atoms with E-state index < -0.39 is 5.89 Å². The van der Waals surface area contributed by atoms with Crippen LogP contribution < -0.4 is 0 Å². The van der Waals surface area contributed by atoms with Gasteiger partial charge >= 0.3 is 0 Å². The van der Waals surface area contributed by atoms with E-state index in [9.17, 15) is 0 Å². The summed E-state index contributed by atoms with van der Waals surface area (Å²) in [6.45, 7) is 3.09. The zero-order valence-electron chi connectivity index (χ0n) is 6.25. The van der Waals surface area contributed by atoms with E-state index in [1.807, 2.05) is 11.4 Å². The highest BCUT2D eigenvalue weighted by atomic mass is 33.1. The van der Waals surface area contributed by atoms with Crippen LogP contribution in [0.2, 0.25) is 0 Å². The Kier molecular flexibility index (Phi) is 3.86. The predicted molar refractivity (Wildman–Crippen MR) is 54.1 cm³/mol. The van der Waals surface area contributed by atoms with Crippen LogP contribution >= 0.6 is 29.5 Å². The first kappa shape index (κ1) is 9.18. The van der Waals surface area contributed by atoms with Gasteiger partial charge in [0.25, 0.3) is 5.89 Å². The summed E-state index contributed by atoms with van der Waals surface area (Å²) < 4.78 is 5.68. The van der Waals surface area contributed by atoms with Gasteiger partial charge in [0.1, 0.15) is 6.16 Å². The van der Waals surface area contributed by atoms with E-state index in [1.165, 1.54) is 18.6 Å². The largest absolute Gasteiger partial charge is 0.258 e. The van der Waals surface area contributed by atoms with E-state index in [-0.39, 0.29) is 0 Å². The maximum atomic E-state index is 5.68. The Morgan fingerprint density at radius 3 is 3.10 bits per heavy atom. The van der Waals surface area contributed by atoms with Crippen molar-refractivity contribution >= 4 is 29.5 Å². The summed E-state index contributed by atoms with van der Waals surface area (Å²) in [6, 6.07) is 0. The molecule has 0 bridgehead atoms. The van der Waals surface area contributed by atoms with Crippen LogP contribution in [0.1, 0.15) is 19.8 Å². The van der Waals surface area contributed by atoms with Crippen LogP contribution in [0.25, 0.3) is 0 Å². The van der Waals surface area contributed by atoms with Gasteiger partial charge in [0, 0.05) is 18.0 Å². The van der Waals surface area contributed by atoms with Crippen LogP contribution in [-0.4, -0.2) is 18.5 Å². The topological polar surface area (TPSA) is 9.23 Å². The molecule has 1 aliphatic heterocycles. The molecule has 1 nitrogen and oxygen atoms in total. The lowest BCUT2D eigenvalue weighted by Crippen LogP contribution is -1.90. The Balaban J connectivity index is 2.41. The fourth-order valence-corrected chi connectivity index (χ4v) is 5.53. The zero-order chi connectivity index (χ0) is 7.45. The molecule has 1 unspecified atom stereocenters. The van der Waals surface area contributed by atoms with Crippen molar-refractivity contribution in [3.63, 3.8) is 0 Å². The average molecular weight is 197 g/mol. The monoisotopic (exact) mass is 197 g/mol. The molecule has 10 heavy (non-hydrogen) atoms. The van der Waals surface area contributed by atoms with Gasteiger partial charge in [-0.3, -0.25) is 0 Å². The fourth-order valence-electron chi connectivity index (χ4n) is 0.838. The summed E-state index contributed by atoms with van der Waals surface area (Å²) in [5.74, 6) is -0.0354. The minimum absolute atomic E-state index is 0.929. The van der Waals surface area contributed by atoms with Crippen molar-refractivity contribution in [2.75, 3.05) is 18.5 Å². The first-order chi connectivity index (χ1) is 4.77. The summed E-state index contributed by atoms with van der Waals surface area (Å²) in [6.07, 6.45) is 3.61. The summed E-state index contributed by atoms with van der Waals surface area (Å²) in [7, 11) is 0. The lowest BCUT2D eigenvalue weighted by molar-refractivity contribution is 0.350. The number of hydrogen-bond donors (Lipinski definition) is 1. The standard InChI is InChI=1S/C6H14OPS2/c1-2-8(9)7-5-3-4-6-10-8/h9H,2-6H2,1H3/q+1. The van der Waals surface area contributed by atoms with Gasteiger partial charge in [-0.25, -0.2) is 4.52 Å². The van der Waals surface area contributed by atoms with Crippen molar-refractivity contribution in [1.82, 2.24) is 0 Å². The summed E-state index contributed by atoms with van der Waals surface area (Å²) in [5.41, 5.74) is 0. The summed E-state index contributed by atoms with van der Waals surface area (Å²) in [5, 5.41) is 0. The van der Waals surface area contributed by atoms with E-state index in [2.05, 4.69) is 19.2 Å². The first-order valence-electron chi connectivity index (χ1n) is 3.67. The summed E-state index contributed by atoms with van der Waals surface area (Å²) >= 11 is 6.51. The van der Waals surface area contributed by atoms with Gasteiger partial charge in [-0.15, -0.1) is 0 Å². The third-order valence-corrected chi connectivity index (χ3v) is 8.87. The van der Waals surface area contributed by atoms with Crippen LogP contribution in [0.4, 0.5) is 0 Å². The first-order valence-corrected chi connectivity index (χ1v) is 8.30. The highest BCUT2D eigenvalue weighted by Gasteiger charge is 2.36. The number of rotatable bonds is 1. The molecule has 60 valence electrons. The van der Waals surface area contributed by atoms with Gasteiger partial charge < -0.3 is 0 Å². The molecular weight excluding hydrogens is 183 g/mol.